The highest BCUT2D eigenvalue weighted by Crippen LogP contribution is 2.34. The molecule has 1 N–H and O–H groups in total. The van der Waals surface area contributed by atoms with Crippen molar-refractivity contribution in [2.24, 2.45) is 0 Å². The molecule has 8 heteroatoms. The second-order valence-corrected chi connectivity index (χ2v) is 6.29. The van der Waals surface area contributed by atoms with Gasteiger partial charge in [-0.25, -0.2) is 9.69 Å². The minimum absolute atomic E-state index is 0.0334. The third-order valence-corrected chi connectivity index (χ3v) is 4.60. The van der Waals surface area contributed by atoms with Crippen molar-refractivity contribution in [1.29, 1.82) is 0 Å². The van der Waals surface area contributed by atoms with Crippen LogP contribution >= 0.6 is 23.2 Å². The second kappa shape index (κ2) is 7.82. The number of rotatable bonds is 4. The third kappa shape index (κ3) is 3.67. The molecule has 4 amide bonds. The van der Waals surface area contributed by atoms with Crippen LogP contribution in [0.25, 0.3) is 6.08 Å². The number of amides is 4. The number of urea groups is 1. The van der Waals surface area contributed by atoms with Crippen molar-refractivity contribution in [3.63, 3.8) is 0 Å². The molecule has 0 bridgehead atoms. The van der Waals surface area contributed by atoms with Crippen LogP contribution in [0.3, 0.4) is 0 Å². The number of barbiturate groups is 1. The van der Waals surface area contributed by atoms with Crippen LogP contribution in [0.1, 0.15) is 12.5 Å². The Morgan fingerprint density at radius 1 is 1.07 bits per heavy atom. The first-order valence-corrected chi connectivity index (χ1v) is 8.77. The van der Waals surface area contributed by atoms with E-state index in [0.29, 0.717) is 17.9 Å². The number of anilines is 1. The summed E-state index contributed by atoms with van der Waals surface area (Å²) in [4.78, 5) is 38.2. The Morgan fingerprint density at radius 3 is 2.56 bits per heavy atom. The molecule has 2 aromatic carbocycles. The standard InChI is InChI=1S/C19H14Cl2N2O4/c1-2-27-15-9-4-3-6-11(15)10-12-17(24)22-19(26)23(18(12)25)14-8-5-7-13(20)16(14)21/h3-10H,2H2,1H3,(H,22,24,26)/b12-10+. The molecule has 0 aliphatic carbocycles. The van der Waals surface area contributed by atoms with Gasteiger partial charge < -0.3 is 4.74 Å². The Labute approximate surface area is 165 Å². The van der Waals surface area contributed by atoms with Crippen molar-refractivity contribution >= 4 is 52.8 Å². The zero-order chi connectivity index (χ0) is 19.6. The molecule has 0 atom stereocenters. The molecule has 1 aliphatic rings. The number of imide groups is 2. The molecule has 0 unspecified atom stereocenters. The van der Waals surface area contributed by atoms with Crippen molar-refractivity contribution in [2.75, 3.05) is 11.5 Å². The van der Waals surface area contributed by atoms with Gasteiger partial charge in [-0.1, -0.05) is 47.5 Å². The highest BCUT2D eigenvalue weighted by molar-refractivity contribution is 6.46. The Kier molecular flexibility index (Phi) is 5.48. The number of benzene rings is 2. The maximum atomic E-state index is 12.9. The summed E-state index contributed by atoms with van der Waals surface area (Å²) < 4.78 is 5.51. The lowest BCUT2D eigenvalue weighted by Crippen LogP contribution is -2.54. The number of ether oxygens (including phenoxy) is 1. The molecule has 1 saturated heterocycles. The molecule has 1 fully saturated rings. The number of carbonyl (C=O) groups excluding carboxylic acids is 3. The van der Waals surface area contributed by atoms with E-state index in [1.165, 1.54) is 18.2 Å². The van der Waals surface area contributed by atoms with Crippen molar-refractivity contribution < 1.29 is 19.1 Å². The first-order valence-electron chi connectivity index (χ1n) is 8.01. The topological polar surface area (TPSA) is 75.7 Å². The highest BCUT2D eigenvalue weighted by atomic mass is 35.5. The zero-order valence-electron chi connectivity index (χ0n) is 14.2. The predicted molar refractivity (Wildman–Crippen MR) is 103 cm³/mol. The lowest BCUT2D eigenvalue weighted by molar-refractivity contribution is -0.122. The average molecular weight is 405 g/mol. The van der Waals surface area contributed by atoms with E-state index >= 15 is 0 Å². The van der Waals surface area contributed by atoms with Gasteiger partial charge in [-0.2, -0.15) is 0 Å². The van der Waals surface area contributed by atoms with Crippen LogP contribution in [0, 0.1) is 0 Å². The number of nitrogens with zero attached hydrogens (tertiary/aromatic N) is 1. The second-order valence-electron chi connectivity index (χ2n) is 5.50. The third-order valence-electron chi connectivity index (χ3n) is 3.79. The summed E-state index contributed by atoms with van der Waals surface area (Å²) in [7, 11) is 0. The summed E-state index contributed by atoms with van der Waals surface area (Å²) in [6, 6.07) is 10.6. The van der Waals surface area contributed by atoms with Crippen molar-refractivity contribution in [3.8, 4) is 5.75 Å². The molecule has 6 nitrogen and oxygen atoms in total. The maximum absolute atomic E-state index is 12.9. The maximum Gasteiger partial charge on any atom is 0.336 e. The minimum atomic E-state index is -0.899. The van der Waals surface area contributed by atoms with Crippen molar-refractivity contribution in [3.05, 3.63) is 63.6 Å². The molecule has 2 aromatic rings. The number of nitrogens with one attached hydrogen (secondary N) is 1. The van der Waals surface area contributed by atoms with E-state index in [2.05, 4.69) is 5.32 Å². The monoisotopic (exact) mass is 404 g/mol. The quantitative estimate of drug-likeness (QED) is 0.615. The van der Waals surface area contributed by atoms with Gasteiger partial charge in [0, 0.05) is 5.56 Å². The van der Waals surface area contributed by atoms with Gasteiger partial charge in [-0.3, -0.25) is 14.9 Å². The Bertz CT molecular complexity index is 972. The molecule has 0 aromatic heterocycles. The van der Waals surface area contributed by atoms with Gasteiger partial charge in [-0.15, -0.1) is 0 Å². The predicted octanol–water partition coefficient (Wildman–Crippen LogP) is 4.06. The van der Waals surface area contributed by atoms with E-state index in [1.54, 1.807) is 30.3 Å². The normalized spacial score (nSPS) is 15.9. The number of halogens is 2. The zero-order valence-corrected chi connectivity index (χ0v) is 15.7. The Balaban J connectivity index is 2.07. The lowest BCUT2D eigenvalue weighted by Gasteiger charge is -2.27. The minimum Gasteiger partial charge on any atom is -0.493 e. The fourth-order valence-electron chi connectivity index (χ4n) is 2.58. The van der Waals surface area contributed by atoms with Crippen LogP contribution in [0.2, 0.25) is 10.0 Å². The molecule has 3 rings (SSSR count). The van der Waals surface area contributed by atoms with Gasteiger partial charge in [-0.05, 0) is 31.2 Å². The van der Waals surface area contributed by atoms with Gasteiger partial charge in [0.1, 0.15) is 11.3 Å². The van der Waals surface area contributed by atoms with E-state index in [4.69, 9.17) is 27.9 Å². The first-order chi connectivity index (χ1) is 12.9. The largest absolute Gasteiger partial charge is 0.493 e. The summed E-state index contributed by atoms with van der Waals surface area (Å²) in [6.45, 7) is 2.24. The van der Waals surface area contributed by atoms with Gasteiger partial charge >= 0.3 is 6.03 Å². The Morgan fingerprint density at radius 2 is 1.81 bits per heavy atom. The molecule has 0 saturated carbocycles. The summed E-state index contributed by atoms with van der Waals surface area (Å²) in [5.74, 6) is -1.10. The van der Waals surface area contributed by atoms with E-state index in [0.717, 1.165) is 4.90 Å². The summed E-state index contributed by atoms with van der Waals surface area (Å²) in [6.07, 6.45) is 1.38. The molecule has 138 valence electrons. The SMILES string of the molecule is CCOc1ccccc1/C=C1\C(=O)NC(=O)N(c2cccc(Cl)c2Cl)C1=O. The first kappa shape index (κ1) is 18.9. The molecule has 1 aliphatic heterocycles. The van der Waals surface area contributed by atoms with Gasteiger partial charge in [0.15, 0.2) is 0 Å². The van der Waals surface area contributed by atoms with Crippen LogP contribution in [0.15, 0.2) is 48.0 Å². The number of para-hydroxylation sites is 1. The van der Waals surface area contributed by atoms with Crippen LogP contribution in [0.4, 0.5) is 10.5 Å². The van der Waals surface area contributed by atoms with Crippen LogP contribution in [-0.2, 0) is 9.59 Å². The lowest BCUT2D eigenvalue weighted by atomic mass is 10.1. The molecule has 0 radical (unpaired) electrons. The van der Waals surface area contributed by atoms with Gasteiger partial charge in [0.05, 0.1) is 22.3 Å². The number of hydrogen-bond acceptors (Lipinski definition) is 4. The van der Waals surface area contributed by atoms with Gasteiger partial charge in [0.25, 0.3) is 11.8 Å². The van der Waals surface area contributed by atoms with E-state index < -0.39 is 17.8 Å². The van der Waals surface area contributed by atoms with Crippen LogP contribution < -0.4 is 15.0 Å². The van der Waals surface area contributed by atoms with E-state index in [1.807, 2.05) is 6.92 Å². The molecule has 0 spiro atoms. The fourth-order valence-corrected chi connectivity index (χ4v) is 2.96. The van der Waals surface area contributed by atoms with Crippen molar-refractivity contribution in [2.45, 2.75) is 6.92 Å². The van der Waals surface area contributed by atoms with E-state index in [9.17, 15) is 14.4 Å². The summed E-state index contributed by atoms with van der Waals surface area (Å²) in [5.41, 5.74) is 0.394. The Hall–Kier alpha value is -2.83. The molecular weight excluding hydrogens is 391 g/mol. The van der Waals surface area contributed by atoms with Crippen LogP contribution in [-0.4, -0.2) is 24.5 Å². The molecular formula is C19H14Cl2N2O4. The van der Waals surface area contributed by atoms with Crippen molar-refractivity contribution in [1.82, 2.24) is 5.32 Å². The number of hydrogen-bond donors (Lipinski definition) is 1. The highest BCUT2D eigenvalue weighted by Gasteiger charge is 2.38. The fraction of sp³-hybridized carbons (Fsp3) is 0.105. The van der Waals surface area contributed by atoms with E-state index in [-0.39, 0.29) is 21.3 Å². The van der Waals surface area contributed by atoms with Gasteiger partial charge in [0.2, 0.25) is 0 Å². The summed E-state index contributed by atoms with van der Waals surface area (Å²) >= 11 is 12.1. The van der Waals surface area contributed by atoms with Crippen LogP contribution in [0.5, 0.6) is 5.75 Å². The molecule has 27 heavy (non-hydrogen) atoms. The smallest absolute Gasteiger partial charge is 0.336 e. The number of carbonyl (C=O) groups is 3. The average Bonchev–Trinajstić information content (AvgIpc) is 2.63. The molecule has 1 heterocycles. The summed E-state index contributed by atoms with van der Waals surface area (Å²) in [5, 5.41) is 2.36.